The zero-order chi connectivity index (χ0) is 8.85. The van der Waals surface area contributed by atoms with E-state index in [9.17, 15) is 4.79 Å². The Hall–Kier alpha value is -0.570. The predicted molar refractivity (Wildman–Crippen MR) is 44.4 cm³/mol. The van der Waals surface area contributed by atoms with E-state index >= 15 is 0 Å². The maximum atomic E-state index is 11.1. The van der Waals surface area contributed by atoms with Crippen LogP contribution in [0.5, 0.6) is 0 Å². The van der Waals surface area contributed by atoms with Crippen molar-refractivity contribution in [1.82, 2.24) is 4.90 Å². The Morgan fingerprint density at radius 2 is 2.09 bits per heavy atom. The van der Waals surface area contributed by atoms with E-state index < -0.39 is 0 Å². The highest BCUT2D eigenvalue weighted by Gasteiger charge is 2.16. The molecule has 0 aromatic rings. The molecule has 0 amide bonds. The van der Waals surface area contributed by atoms with Gasteiger partial charge >= 0.3 is 5.97 Å². The lowest BCUT2D eigenvalue weighted by molar-refractivity contribution is -0.148. The highest BCUT2D eigenvalue weighted by atomic mass is 16.5. The molecule has 0 aliphatic heterocycles. The zero-order valence-corrected chi connectivity index (χ0v) is 7.76. The maximum absolute atomic E-state index is 11.1. The van der Waals surface area contributed by atoms with Crippen LogP contribution in [0.1, 0.15) is 20.8 Å². The fourth-order valence-electron chi connectivity index (χ4n) is 0.717. The summed E-state index contributed by atoms with van der Waals surface area (Å²) < 4.78 is 4.85. The predicted octanol–water partition coefficient (Wildman–Crippen LogP) is 0.890. The van der Waals surface area contributed by atoms with Crippen molar-refractivity contribution in [3.63, 3.8) is 0 Å². The summed E-state index contributed by atoms with van der Waals surface area (Å²) in [6.07, 6.45) is 0. The van der Waals surface area contributed by atoms with Crippen LogP contribution >= 0.6 is 0 Å². The van der Waals surface area contributed by atoms with E-state index in [0.29, 0.717) is 6.61 Å². The first kappa shape index (κ1) is 10.4. The summed E-state index contributed by atoms with van der Waals surface area (Å²) >= 11 is 0. The van der Waals surface area contributed by atoms with Gasteiger partial charge in [-0.05, 0) is 27.4 Å². The number of esters is 1. The third-order valence-electron chi connectivity index (χ3n) is 1.79. The molecule has 0 bridgehead atoms. The molecule has 3 heteroatoms. The Balaban J connectivity index is 3.80. The largest absolute Gasteiger partial charge is 0.465 e. The smallest absolute Gasteiger partial charge is 0.323 e. The van der Waals surface area contributed by atoms with Gasteiger partial charge in [0.05, 0.1) is 6.61 Å². The van der Waals surface area contributed by atoms with Crippen LogP contribution in [0.25, 0.3) is 0 Å². The van der Waals surface area contributed by atoms with E-state index in [0.717, 1.165) is 6.54 Å². The molecule has 0 rings (SSSR count). The molecule has 0 N–H and O–H groups in total. The average molecular weight is 159 g/mol. The molecule has 0 saturated carbocycles. The minimum Gasteiger partial charge on any atom is -0.465 e. The summed E-state index contributed by atoms with van der Waals surface area (Å²) in [5.41, 5.74) is 0. The minimum atomic E-state index is -0.142. The summed E-state index contributed by atoms with van der Waals surface area (Å²) in [6.45, 7) is 6.99. The molecular formula is C8H17NO2. The maximum Gasteiger partial charge on any atom is 0.323 e. The molecular weight excluding hydrogens is 142 g/mol. The van der Waals surface area contributed by atoms with E-state index in [1.807, 2.05) is 32.7 Å². The number of rotatable bonds is 4. The molecule has 0 aliphatic rings. The van der Waals surface area contributed by atoms with Crippen LogP contribution in [0.4, 0.5) is 0 Å². The van der Waals surface area contributed by atoms with Gasteiger partial charge in [0.1, 0.15) is 6.04 Å². The van der Waals surface area contributed by atoms with Gasteiger partial charge in [-0.3, -0.25) is 9.69 Å². The van der Waals surface area contributed by atoms with E-state index in [-0.39, 0.29) is 12.0 Å². The molecule has 0 fully saturated rings. The van der Waals surface area contributed by atoms with Crippen molar-refractivity contribution in [3.8, 4) is 0 Å². The summed E-state index contributed by atoms with van der Waals surface area (Å²) in [6, 6.07) is -0.125. The first-order valence-corrected chi connectivity index (χ1v) is 4.00. The van der Waals surface area contributed by atoms with E-state index in [1.54, 1.807) is 0 Å². The quantitative estimate of drug-likeness (QED) is 0.570. The summed E-state index contributed by atoms with van der Waals surface area (Å²) in [7, 11) is 1.90. The van der Waals surface area contributed by atoms with Gasteiger partial charge in [-0.2, -0.15) is 0 Å². The van der Waals surface area contributed by atoms with Crippen LogP contribution in [-0.2, 0) is 9.53 Å². The lowest BCUT2D eigenvalue weighted by Gasteiger charge is -2.20. The normalized spacial score (nSPS) is 13.2. The fourth-order valence-corrected chi connectivity index (χ4v) is 0.717. The molecule has 0 radical (unpaired) electrons. The summed E-state index contributed by atoms with van der Waals surface area (Å²) in [5.74, 6) is -0.142. The Labute approximate surface area is 68.3 Å². The summed E-state index contributed by atoms with van der Waals surface area (Å²) in [5, 5.41) is 0. The van der Waals surface area contributed by atoms with E-state index in [2.05, 4.69) is 0 Å². The second-order valence-electron chi connectivity index (χ2n) is 2.50. The van der Waals surface area contributed by atoms with Crippen LogP contribution in [0.2, 0.25) is 0 Å². The second-order valence-corrected chi connectivity index (χ2v) is 2.50. The highest BCUT2D eigenvalue weighted by molar-refractivity contribution is 5.75. The number of ether oxygens (including phenoxy) is 1. The van der Waals surface area contributed by atoms with Crippen molar-refractivity contribution in [2.24, 2.45) is 0 Å². The average Bonchev–Trinajstić information content (AvgIpc) is 2.02. The monoisotopic (exact) mass is 159 g/mol. The molecule has 0 aliphatic carbocycles. The minimum absolute atomic E-state index is 0.125. The Morgan fingerprint density at radius 1 is 1.55 bits per heavy atom. The topological polar surface area (TPSA) is 29.5 Å². The first-order chi connectivity index (χ1) is 5.13. The van der Waals surface area contributed by atoms with Crippen LogP contribution in [-0.4, -0.2) is 37.1 Å². The zero-order valence-electron chi connectivity index (χ0n) is 7.76. The standard InChI is InChI=1S/C8H17NO2/c1-5-9(4)7(3)8(10)11-6-2/h7H,5-6H2,1-4H3. The molecule has 0 spiro atoms. The number of nitrogens with zero attached hydrogens (tertiary/aromatic N) is 1. The Bertz CT molecular complexity index is 125. The SMILES string of the molecule is CCOC(=O)C(C)N(C)CC. The van der Waals surface area contributed by atoms with Crippen LogP contribution in [0.3, 0.4) is 0 Å². The van der Waals surface area contributed by atoms with Gasteiger partial charge in [0.15, 0.2) is 0 Å². The molecule has 1 unspecified atom stereocenters. The van der Waals surface area contributed by atoms with Crippen LogP contribution in [0, 0.1) is 0 Å². The Morgan fingerprint density at radius 3 is 2.45 bits per heavy atom. The number of likely N-dealkylation sites (N-methyl/N-ethyl adjacent to an activating group) is 1. The molecule has 0 aromatic heterocycles. The van der Waals surface area contributed by atoms with Crippen molar-refractivity contribution in [3.05, 3.63) is 0 Å². The van der Waals surface area contributed by atoms with Crippen LogP contribution in [0.15, 0.2) is 0 Å². The summed E-state index contributed by atoms with van der Waals surface area (Å²) in [4.78, 5) is 13.0. The van der Waals surface area contributed by atoms with Crippen molar-refractivity contribution >= 4 is 5.97 Å². The number of carbonyl (C=O) groups excluding carboxylic acids is 1. The lowest BCUT2D eigenvalue weighted by Crippen LogP contribution is -2.36. The fraction of sp³-hybridized carbons (Fsp3) is 0.875. The number of hydrogen-bond donors (Lipinski definition) is 0. The van der Waals surface area contributed by atoms with Crippen molar-refractivity contribution < 1.29 is 9.53 Å². The second kappa shape index (κ2) is 5.13. The van der Waals surface area contributed by atoms with Crippen molar-refractivity contribution in [2.45, 2.75) is 26.8 Å². The van der Waals surface area contributed by atoms with Gasteiger partial charge in [-0.25, -0.2) is 0 Å². The highest BCUT2D eigenvalue weighted by Crippen LogP contribution is 1.96. The Kier molecular flexibility index (Phi) is 4.86. The van der Waals surface area contributed by atoms with Gasteiger partial charge in [0.25, 0.3) is 0 Å². The molecule has 66 valence electrons. The first-order valence-electron chi connectivity index (χ1n) is 4.00. The van der Waals surface area contributed by atoms with E-state index in [4.69, 9.17) is 4.74 Å². The van der Waals surface area contributed by atoms with Gasteiger partial charge in [-0.15, -0.1) is 0 Å². The number of hydrogen-bond acceptors (Lipinski definition) is 3. The van der Waals surface area contributed by atoms with Gasteiger partial charge in [0.2, 0.25) is 0 Å². The van der Waals surface area contributed by atoms with Gasteiger partial charge in [-0.1, -0.05) is 6.92 Å². The van der Waals surface area contributed by atoms with Gasteiger partial charge < -0.3 is 4.74 Å². The lowest BCUT2D eigenvalue weighted by atomic mass is 10.3. The number of carbonyl (C=O) groups is 1. The molecule has 0 heterocycles. The third-order valence-corrected chi connectivity index (χ3v) is 1.79. The van der Waals surface area contributed by atoms with Crippen molar-refractivity contribution in [2.75, 3.05) is 20.2 Å². The van der Waals surface area contributed by atoms with Crippen LogP contribution < -0.4 is 0 Å². The van der Waals surface area contributed by atoms with E-state index in [1.165, 1.54) is 0 Å². The molecule has 0 saturated heterocycles. The molecule has 1 atom stereocenters. The molecule has 11 heavy (non-hydrogen) atoms. The van der Waals surface area contributed by atoms with Gasteiger partial charge in [0, 0.05) is 0 Å². The third kappa shape index (κ3) is 3.37. The van der Waals surface area contributed by atoms with Crippen molar-refractivity contribution in [1.29, 1.82) is 0 Å². The molecule has 3 nitrogen and oxygen atoms in total. The molecule has 0 aromatic carbocycles.